The Morgan fingerprint density at radius 1 is 1.17 bits per heavy atom. The first-order valence-electron chi connectivity index (χ1n) is 8.39. The third-order valence-corrected chi connectivity index (χ3v) is 3.93. The van der Waals surface area contributed by atoms with Gasteiger partial charge in [0.2, 0.25) is 11.8 Å². The van der Waals surface area contributed by atoms with E-state index in [-0.39, 0.29) is 16.9 Å². The van der Waals surface area contributed by atoms with E-state index >= 15 is 0 Å². The summed E-state index contributed by atoms with van der Waals surface area (Å²) in [6.07, 6.45) is 6.01. The number of carbonyl (C=O) groups excluding carboxylic acids is 2. The van der Waals surface area contributed by atoms with E-state index in [2.05, 4.69) is 17.6 Å². The van der Waals surface area contributed by atoms with Gasteiger partial charge in [0.1, 0.15) is 0 Å². The van der Waals surface area contributed by atoms with E-state index in [0.717, 1.165) is 24.2 Å². The molecule has 5 nitrogen and oxygen atoms in total. The molecule has 1 aromatic carbocycles. The number of carbonyl (C=O) groups is 2. The third-order valence-electron chi connectivity index (χ3n) is 3.72. The van der Waals surface area contributed by atoms with E-state index in [1.807, 2.05) is 24.3 Å². The van der Waals surface area contributed by atoms with Gasteiger partial charge in [-0.1, -0.05) is 38.7 Å². The summed E-state index contributed by atoms with van der Waals surface area (Å²) in [6.45, 7) is 3.67. The highest BCUT2D eigenvalue weighted by Gasteiger charge is 2.08. The van der Waals surface area contributed by atoms with E-state index in [4.69, 9.17) is 12.2 Å². The lowest BCUT2D eigenvalue weighted by Gasteiger charge is -2.16. The summed E-state index contributed by atoms with van der Waals surface area (Å²) in [5.41, 5.74) is 1.49. The summed E-state index contributed by atoms with van der Waals surface area (Å²) in [5.74, 6) is -0.118. The van der Waals surface area contributed by atoms with Crippen LogP contribution < -0.4 is 15.5 Å². The predicted molar refractivity (Wildman–Crippen MR) is 103 cm³/mol. The van der Waals surface area contributed by atoms with Crippen molar-refractivity contribution in [1.82, 2.24) is 5.32 Å². The highest BCUT2D eigenvalue weighted by atomic mass is 32.1. The molecule has 0 saturated carbocycles. The van der Waals surface area contributed by atoms with E-state index < -0.39 is 0 Å². The van der Waals surface area contributed by atoms with Crippen molar-refractivity contribution in [3.8, 4) is 0 Å². The molecule has 2 amide bonds. The molecule has 0 aromatic heterocycles. The van der Waals surface area contributed by atoms with E-state index in [1.165, 1.54) is 26.2 Å². The zero-order valence-electron chi connectivity index (χ0n) is 14.7. The molecule has 1 rings (SSSR count). The van der Waals surface area contributed by atoms with Gasteiger partial charge in [0.25, 0.3) is 0 Å². The minimum absolute atomic E-state index is 0.0499. The molecule has 0 radical (unpaired) electrons. The van der Waals surface area contributed by atoms with Crippen molar-refractivity contribution < 1.29 is 9.59 Å². The lowest BCUT2D eigenvalue weighted by atomic mass is 10.1. The fraction of sp³-hybridized carbons (Fsp3) is 0.500. The molecule has 0 heterocycles. The molecule has 6 heteroatoms. The lowest BCUT2D eigenvalue weighted by Crippen LogP contribution is -2.34. The van der Waals surface area contributed by atoms with Crippen LogP contribution in [-0.4, -0.2) is 24.0 Å². The standard InChI is InChI=1S/C18H27N3O2S/c1-4-5-6-7-8-12-17(23)20-18(24)19-15-10-9-11-16(13-15)21(3)14(2)22/h9-11,13H,4-8,12H2,1-3H3,(H2,19,20,23,24). The van der Waals surface area contributed by atoms with Crippen LogP contribution in [0.1, 0.15) is 52.4 Å². The highest BCUT2D eigenvalue weighted by Crippen LogP contribution is 2.18. The summed E-state index contributed by atoms with van der Waals surface area (Å²) < 4.78 is 0. The average Bonchev–Trinajstić information content (AvgIpc) is 2.53. The predicted octanol–water partition coefficient (Wildman–Crippen LogP) is 3.84. The number of unbranched alkanes of at least 4 members (excludes halogenated alkanes) is 4. The van der Waals surface area contributed by atoms with Gasteiger partial charge in [-0.3, -0.25) is 9.59 Å². The molecule has 0 saturated heterocycles. The molecule has 1 aromatic rings. The van der Waals surface area contributed by atoms with Gasteiger partial charge in [-0.15, -0.1) is 0 Å². The number of nitrogens with one attached hydrogen (secondary N) is 2. The van der Waals surface area contributed by atoms with Crippen LogP contribution in [0.3, 0.4) is 0 Å². The molecule has 0 spiro atoms. The number of hydrogen-bond acceptors (Lipinski definition) is 3. The van der Waals surface area contributed by atoms with Crippen LogP contribution in [0.5, 0.6) is 0 Å². The van der Waals surface area contributed by atoms with E-state index in [1.54, 1.807) is 11.9 Å². The molecule has 2 N–H and O–H groups in total. The minimum Gasteiger partial charge on any atom is -0.332 e. The first-order valence-corrected chi connectivity index (χ1v) is 8.80. The van der Waals surface area contributed by atoms with E-state index in [0.29, 0.717) is 6.42 Å². The van der Waals surface area contributed by atoms with Gasteiger partial charge in [0.05, 0.1) is 0 Å². The van der Waals surface area contributed by atoms with Crippen molar-refractivity contribution >= 4 is 40.5 Å². The van der Waals surface area contributed by atoms with Crippen molar-refractivity contribution in [1.29, 1.82) is 0 Å². The Morgan fingerprint density at radius 3 is 2.54 bits per heavy atom. The fourth-order valence-corrected chi connectivity index (χ4v) is 2.45. The van der Waals surface area contributed by atoms with Crippen molar-refractivity contribution in [2.45, 2.75) is 52.4 Å². The average molecular weight is 350 g/mol. The van der Waals surface area contributed by atoms with Crippen molar-refractivity contribution in [2.24, 2.45) is 0 Å². The van der Waals surface area contributed by atoms with Gasteiger partial charge >= 0.3 is 0 Å². The Balaban J connectivity index is 2.43. The summed E-state index contributed by atoms with van der Waals surface area (Å²) in [7, 11) is 1.71. The lowest BCUT2D eigenvalue weighted by molar-refractivity contribution is -0.119. The van der Waals surface area contributed by atoms with Gasteiger partial charge in [-0.2, -0.15) is 0 Å². The summed E-state index contributed by atoms with van der Waals surface area (Å²) in [5, 5.41) is 5.95. The Kier molecular flexibility index (Phi) is 9.01. The monoisotopic (exact) mass is 349 g/mol. The first-order chi connectivity index (χ1) is 11.4. The van der Waals surface area contributed by atoms with Crippen molar-refractivity contribution in [2.75, 3.05) is 17.3 Å². The van der Waals surface area contributed by atoms with Crippen molar-refractivity contribution in [3.63, 3.8) is 0 Å². The number of amides is 2. The number of thiocarbonyl (C=S) groups is 1. The second-order valence-corrected chi connectivity index (χ2v) is 6.20. The Morgan fingerprint density at radius 2 is 1.88 bits per heavy atom. The highest BCUT2D eigenvalue weighted by molar-refractivity contribution is 7.80. The zero-order valence-corrected chi connectivity index (χ0v) is 15.5. The number of hydrogen-bond donors (Lipinski definition) is 2. The summed E-state index contributed by atoms with van der Waals surface area (Å²) in [4.78, 5) is 24.8. The van der Waals surface area contributed by atoms with Gasteiger partial charge in [0.15, 0.2) is 5.11 Å². The second-order valence-electron chi connectivity index (χ2n) is 5.79. The third kappa shape index (κ3) is 7.55. The van der Waals surface area contributed by atoms with Gasteiger partial charge in [-0.25, -0.2) is 0 Å². The Labute approximate surface area is 149 Å². The molecule has 0 bridgehead atoms. The van der Waals surface area contributed by atoms with E-state index in [9.17, 15) is 9.59 Å². The quantitative estimate of drug-likeness (QED) is 0.553. The molecular weight excluding hydrogens is 322 g/mol. The maximum absolute atomic E-state index is 11.8. The summed E-state index contributed by atoms with van der Waals surface area (Å²) in [6, 6.07) is 7.31. The van der Waals surface area contributed by atoms with Crippen LogP contribution >= 0.6 is 12.2 Å². The largest absolute Gasteiger partial charge is 0.332 e. The molecule has 0 atom stereocenters. The molecule has 132 valence electrons. The van der Waals surface area contributed by atoms with Gasteiger partial charge < -0.3 is 15.5 Å². The first kappa shape index (κ1) is 20.1. The SMILES string of the molecule is CCCCCCCC(=O)NC(=S)Nc1cccc(N(C)C(C)=O)c1. The molecule has 0 unspecified atom stereocenters. The van der Waals surface area contributed by atoms with Gasteiger partial charge in [-0.05, 0) is 36.8 Å². The Bertz CT molecular complexity index is 575. The molecule has 0 aliphatic rings. The minimum atomic E-state index is -0.0685. The number of benzene rings is 1. The maximum Gasteiger partial charge on any atom is 0.226 e. The smallest absolute Gasteiger partial charge is 0.226 e. The van der Waals surface area contributed by atoms with Crippen LogP contribution in [0.2, 0.25) is 0 Å². The van der Waals surface area contributed by atoms with Crippen LogP contribution in [0.25, 0.3) is 0 Å². The Hall–Kier alpha value is -1.95. The number of rotatable bonds is 8. The van der Waals surface area contributed by atoms with Crippen molar-refractivity contribution in [3.05, 3.63) is 24.3 Å². The molecule has 24 heavy (non-hydrogen) atoms. The van der Waals surface area contributed by atoms with Crippen LogP contribution in [-0.2, 0) is 9.59 Å². The van der Waals surface area contributed by atoms with Crippen LogP contribution in [0, 0.1) is 0 Å². The molecule has 0 aliphatic heterocycles. The number of nitrogens with zero attached hydrogens (tertiary/aromatic N) is 1. The zero-order chi connectivity index (χ0) is 17.9. The maximum atomic E-state index is 11.8. The molecule has 0 fully saturated rings. The number of anilines is 2. The fourth-order valence-electron chi connectivity index (χ4n) is 2.21. The normalized spacial score (nSPS) is 10.1. The second kappa shape index (κ2) is 10.8. The van der Waals surface area contributed by atoms with Crippen LogP contribution in [0.15, 0.2) is 24.3 Å². The molecule has 0 aliphatic carbocycles. The van der Waals surface area contributed by atoms with Gasteiger partial charge in [0, 0.05) is 31.8 Å². The van der Waals surface area contributed by atoms with Crippen LogP contribution in [0.4, 0.5) is 11.4 Å². The molecular formula is C18H27N3O2S. The summed E-state index contributed by atoms with van der Waals surface area (Å²) >= 11 is 5.17. The topological polar surface area (TPSA) is 61.4 Å².